The van der Waals surface area contributed by atoms with Crippen molar-refractivity contribution >= 4 is 56.0 Å². The van der Waals surface area contributed by atoms with Gasteiger partial charge in [0.1, 0.15) is 17.0 Å². The fraction of sp³-hybridized carbons (Fsp3) is 0.174. The van der Waals surface area contributed by atoms with Gasteiger partial charge >= 0.3 is 0 Å². The first-order chi connectivity index (χ1) is 15.6. The van der Waals surface area contributed by atoms with Crippen LogP contribution in [-0.4, -0.2) is 35.8 Å². The number of benzene rings is 2. The molecule has 0 radical (unpaired) electrons. The SMILES string of the molecule is COc1ccc(SCC(=O)N(Cc2ccccn2)c2nc3c(OC)ccc(Cl)c3s2)cc1. The molecule has 0 aliphatic rings. The molecule has 0 bridgehead atoms. The predicted molar refractivity (Wildman–Crippen MR) is 130 cm³/mol. The Bertz CT molecular complexity index is 1220. The van der Waals surface area contributed by atoms with Gasteiger partial charge in [0.15, 0.2) is 5.13 Å². The molecule has 0 fully saturated rings. The second-order valence-corrected chi connectivity index (χ2v) is 9.12. The number of aromatic nitrogens is 2. The lowest BCUT2D eigenvalue weighted by molar-refractivity contribution is -0.116. The highest BCUT2D eigenvalue weighted by Crippen LogP contribution is 2.39. The number of hydrogen-bond acceptors (Lipinski definition) is 7. The number of hydrogen-bond donors (Lipinski definition) is 0. The molecule has 4 aromatic rings. The quantitative estimate of drug-likeness (QED) is 0.299. The Kier molecular flexibility index (Phi) is 7.14. The summed E-state index contributed by atoms with van der Waals surface area (Å²) in [4.78, 5) is 25.0. The van der Waals surface area contributed by atoms with E-state index in [2.05, 4.69) is 4.98 Å². The van der Waals surface area contributed by atoms with Gasteiger partial charge in [-0.3, -0.25) is 14.7 Å². The van der Waals surface area contributed by atoms with Crippen molar-refractivity contribution in [2.75, 3.05) is 24.9 Å². The molecule has 164 valence electrons. The molecule has 2 heterocycles. The summed E-state index contributed by atoms with van der Waals surface area (Å²) in [5.74, 6) is 1.56. The molecule has 2 aromatic heterocycles. The summed E-state index contributed by atoms with van der Waals surface area (Å²) < 4.78 is 11.4. The molecule has 0 unspecified atom stereocenters. The van der Waals surface area contributed by atoms with Crippen molar-refractivity contribution in [1.29, 1.82) is 0 Å². The van der Waals surface area contributed by atoms with Crippen LogP contribution in [0.25, 0.3) is 10.2 Å². The number of rotatable bonds is 8. The summed E-state index contributed by atoms with van der Waals surface area (Å²) in [5, 5.41) is 1.12. The lowest BCUT2D eigenvalue weighted by Gasteiger charge is -2.19. The van der Waals surface area contributed by atoms with E-state index in [0.717, 1.165) is 21.0 Å². The summed E-state index contributed by atoms with van der Waals surface area (Å²) in [7, 11) is 3.21. The van der Waals surface area contributed by atoms with Gasteiger partial charge in [0, 0.05) is 11.1 Å². The van der Waals surface area contributed by atoms with E-state index in [1.54, 1.807) is 37.4 Å². The number of thiazole rings is 1. The number of anilines is 1. The average molecular weight is 486 g/mol. The molecule has 0 aliphatic heterocycles. The third-order valence-corrected chi connectivity index (χ3v) is 7.20. The number of thioether (sulfide) groups is 1. The van der Waals surface area contributed by atoms with Crippen molar-refractivity contribution in [1.82, 2.24) is 9.97 Å². The zero-order chi connectivity index (χ0) is 22.5. The van der Waals surface area contributed by atoms with Crippen molar-refractivity contribution in [2.24, 2.45) is 0 Å². The van der Waals surface area contributed by atoms with Crippen LogP contribution in [0.15, 0.2) is 65.7 Å². The van der Waals surface area contributed by atoms with Crippen LogP contribution in [0.2, 0.25) is 5.02 Å². The van der Waals surface area contributed by atoms with Crippen LogP contribution in [-0.2, 0) is 11.3 Å². The fourth-order valence-electron chi connectivity index (χ4n) is 3.03. The minimum absolute atomic E-state index is 0.0781. The average Bonchev–Trinajstić information content (AvgIpc) is 3.28. The third-order valence-electron chi connectivity index (χ3n) is 4.67. The van der Waals surface area contributed by atoms with Crippen LogP contribution in [0, 0.1) is 0 Å². The maximum atomic E-state index is 13.3. The van der Waals surface area contributed by atoms with Gasteiger partial charge in [0.05, 0.1) is 41.9 Å². The molecule has 0 saturated carbocycles. The topological polar surface area (TPSA) is 64.5 Å². The number of carbonyl (C=O) groups excluding carboxylic acids is 1. The van der Waals surface area contributed by atoms with Gasteiger partial charge in [-0.05, 0) is 48.5 Å². The minimum Gasteiger partial charge on any atom is -0.497 e. The molecule has 2 aromatic carbocycles. The Balaban J connectivity index is 1.63. The largest absolute Gasteiger partial charge is 0.497 e. The second-order valence-electron chi connectivity index (χ2n) is 6.69. The van der Waals surface area contributed by atoms with Crippen LogP contribution in [0.1, 0.15) is 5.69 Å². The zero-order valence-corrected chi connectivity index (χ0v) is 19.8. The number of ether oxygens (including phenoxy) is 2. The van der Waals surface area contributed by atoms with Gasteiger partial charge in [-0.25, -0.2) is 4.98 Å². The Labute approximate surface area is 199 Å². The van der Waals surface area contributed by atoms with Gasteiger partial charge in [-0.1, -0.05) is 29.0 Å². The van der Waals surface area contributed by atoms with Crippen LogP contribution in [0.4, 0.5) is 5.13 Å². The minimum atomic E-state index is -0.0781. The van der Waals surface area contributed by atoms with Gasteiger partial charge in [-0.15, -0.1) is 11.8 Å². The lowest BCUT2D eigenvalue weighted by atomic mass is 10.3. The number of halogens is 1. The molecule has 4 rings (SSSR count). The first kappa shape index (κ1) is 22.4. The van der Waals surface area contributed by atoms with Crippen LogP contribution >= 0.6 is 34.7 Å². The monoisotopic (exact) mass is 485 g/mol. The number of pyridine rings is 1. The van der Waals surface area contributed by atoms with E-state index in [-0.39, 0.29) is 11.7 Å². The third kappa shape index (κ3) is 4.98. The number of fused-ring (bicyclic) bond motifs is 1. The van der Waals surface area contributed by atoms with Crippen molar-refractivity contribution in [2.45, 2.75) is 11.4 Å². The Morgan fingerprint density at radius 2 is 1.91 bits per heavy atom. The Morgan fingerprint density at radius 1 is 1.09 bits per heavy atom. The van der Waals surface area contributed by atoms with Crippen molar-refractivity contribution in [3.63, 3.8) is 0 Å². The molecule has 0 spiro atoms. The van der Waals surface area contributed by atoms with E-state index in [4.69, 9.17) is 26.1 Å². The summed E-state index contributed by atoms with van der Waals surface area (Å²) >= 11 is 9.22. The van der Waals surface area contributed by atoms with Gasteiger partial charge in [0.25, 0.3) is 0 Å². The highest BCUT2D eigenvalue weighted by atomic mass is 35.5. The number of methoxy groups -OCH3 is 2. The second kappa shape index (κ2) is 10.2. The summed E-state index contributed by atoms with van der Waals surface area (Å²) in [6.07, 6.45) is 1.71. The highest BCUT2D eigenvalue weighted by Gasteiger charge is 2.23. The van der Waals surface area contributed by atoms with Crippen molar-refractivity contribution < 1.29 is 14.3 Å². The standard InChI is InChI=1S/C23H20ClN3O3S2/c1-29-16-6-8-17(9-7-16)31-14-20(28)27(13-15-5-3-4-12-25-15)23-26-21-19(30-2)11-10-18(24)22(21)32-23/h3-12H,13-14H2,1-2H3. The fourth-order valence-corrected chi connectivity index (χ4v) is 5.08. The van der Waals surface area contributed by atoms with E-state index >= 15 is 0 Å². The normalized spacial score (nSPS) is 10.8. The number of carbonyl (C=O) groups is 1. The van der Waals surface area contributed by atoms with Gasteiger partial charge in [-0.2, -0.15) is 0 Å². The molecule has 6 nitrogen and oxygen atoms in total. The van der Waals surface area contributed by atoms with Gasteiger partial charge in [0.2, 0.25) is 5.91 Å². The first-order valence-corrected chi connectivity index (χ1v) is 11.9. The van der Waals surface area contributed by atoms with E-state index in [1.807, 2.05) is 42.5 Å². The predicted octanol–water partition coefficient (Wildman–Crippen LogP) is 5.69. The van der Waals surface area contributed by atoms with Gasteiger partial charge < -0.3 is 9.47 Å². The Morgan fingerprint density at radius 3 is 2.59 bits per heavy atom. The molecular formula is C23H20ClN3O3S2. The Hall–Kier alpha value is -2.81. The first-order valence-electron chi connectivity index (χ1n) is 9.69. The lowest BCUT2D eigenvalue weighted by Crippen LogP contribution is -2.32. The maximum Gasteiger partial charge on any atom is 0.239 e. The molecule has 0 aliphatic carbocycles. The highest BCUT2D eigenvalue weighted by molar-refractivity contribution is 8.00. The molecule has 32 heavy (non-hydrogen) atoms. The van der Waals surface area contributed by atoms with Crippen molar-refractivity contribution in [3.05, 3.63) is 71.5 Å². The van der Waals surface area contributed by atoms with Crippen LogP contribution in [0.3, 0.4) is 0 Å². The van der Waals surface area contributed by atoms with Crippen LogP contribution in [0.5, 0.6) is 11.5 Å². The van der Waals surface area contributed by atoms with E-state index < -0.39 is 0 Å². The van der Waals surface area contributed by atoms with Crippen molar-refractivity contribution in [3.8, 4) is 11.5 Å². The summed E-state index contributed by atoms with van der Waals surface area (Å²) in [6.45, 7) is 0.308. The summed E-state index contributed by atoms with van der Waals surface area (Å²) in [5.41, 5.74) is 1.41. The molecule has 9 heteroatoms. The molecular weight excluding hydrogens is 466 g/mol. The molecule has 0 atom stereocenters. The zero-order valence-electron chi connectivity index (χ0n) is 17.4. The molecule has 0 saturated heterocycles. The smallest absolute Gasteiger partial charge is 0.239 e. The molecule has 0 N–H and O–H groups in total. The summed E-state index contributed by atoms with van der Waals surface area (Å²) in [6, 6.07) is 16.8. The van der Waals surface area contributed by atoms with E-state index in [0.29, 0.717) is 28.0 Å². The number of nitrogens with zero attached hydrogens (tertiary/aromatic N) is 3. The maximum absolute atomic E-state index is 13.3. The van der Waals surface area contributed by atoms with Crippen LogP contribution < -0.4 is 14.4 Å². The number of amides is 1. The molecule has 1 amide bonds. The van der Waals surface area contributed by atoms with E-state index in [1.165, 1.54) is 23.1 Å². The van der Waals surface area contributed by atoms with E-state index in [9.17, 15) is 4.79 Å².